The molecular weight excluding hydrogens is 274 g/mol. The largest absolute Gasteiger partial charge is 0.478 e. The number of anilines is 1. The standard InChI is InChI=1S/C14H17N3O4/c18-14(19)11-4-1-5-12(17(20)21)13(11)16-8-7-15-6-2-3-10(15)9-16/h1,4-5,10H,2-3,6-9H2,(H,18,19). The lowest BCUT2D eigenvalue weighted by Gasteiger charge is -2.38. The Morgan fingerprint density at radius 3 is 2.86 bits per heavy atom. The van der Waals surface area contributed by atoms with Crippen molar-refractivity contribution in [1.29, 1.82) is 0 Å². The number of carboxylic acid groups (broad SMARTS) is 1. The molecular formula is C14H17N3O4. The zero-order valence-corrected chi connectivity index (χ0v) is 11.6. The molecule has 2 aliphatic heterocycles. The second kappa shape index (κ2) is 5.33. The van der Waals surface area contributed by atoms with Crippen molar-refractivity contribution in [3.8, 4) is 0 Å². The number of nitro benzene ring substituents is 1. The summed E-state index contributed by atoms with van der Waals surface area (Å²) in [4.78, 5) is 26.4. The van der Waals surface area contributed by atoms with Gasteiger partial charge < -0.3 is 10.0 Å². The summed E-state index contributed by atoms with van der Waals surface area (Å²) in [5.41, 5.74) is 0.138. The Kier molecular flexibility index (Phi) is 3.50. The lowest BCUT2D eigenvalue weighted by molar-refractivity contribution is -0.384. The van der Waals surface area contributed by atoms with Gasteiger partial charge in [0.2, 0.25) is 0 Å². The molecule has 0 amide bonds. The molecule has 2 aliphatic rings. The fraction of sp³-hybridized carbons (Fsp3) is 0.500. The molecule has 1 unspecified atom stereocenters. The Morgan fingerprint density at radius 1 is 1.33 bits per heavy atom. The zero-order valence-electron chi connectivity index (χ0n) is 11.6. The zero-order chi connectivity index (χ0) is 15.0. The van der Waals surface area contributed by atoms with Crippen LogP contribution in [0, 0.1) is 10.1 Å². The van der Waals surface area contributed by atoms with Gasteiger partial charge in [-0.2, -0.15) is 0 Å². The van der Waals surface area contributed by atoms with Crippen LogP contribution in [-0.4, -0.2) is 53.1 Å². The van der Waals surface area contributed by atoms with Gasteiger partial charge in [-0.05, 0) is 25.5 Å². The Balaban J connectivity index is 2.00. The molecule has 1 aromatic rings. The van der Waals surface area contributed by atoms with Gasteiger partial charge in [-0.3, -0.25) is 15.0 Å². The van der Waals surface area contributed by atoms with Crippen molar-refractivity contribution in [2.24, 2.45) is 0 Å². The maximum absolute atomic E-state index is 11.4. The first kappa shape index (κ1) is 13.8. The Bertz CT molecular complexity index is 557. The number of aromatic carboxylic acids is 1. The van der Waals surface area contributed by atoms with Crippen LogP contribution in [0.25, 0.3) is 0 Å². The highest BCUT2D eigenvalue weighted by atomic mass is 16.6. The minimum absolute atomic E-state index is 0.00986. The Morgan fingerprint density at radius 2 is 2.14 bits per heavy atom. The minimum Gasteiger partial charge on any atom is -0.478 e. The van der Waals surface area contributed by atoms with Crippen molar-refractivity contribution in [1.82, 2.24) is 4.90 Å². The number of hydrogen-bond acceptors (Lipinski definition) is 5. The first-order valence-electron chi connectivity index (χ1n) is 7.07. The van der Waals surface area contributed by atoms with Gasteiger partial charge in [-0.15, -0.1) is 0 Å². The summed E-state index contributed by atoms with van der Waals surface area (Å²) in [6, 6.07) is 4.62. The second-order valence-electron chi connectivity index (χ2n) is 5.51. The SMILES string of the molecule is O=C(O)c1cccc([N+](=O)[O-])c1N1CCN2CCCC2C1. The maximum atomic E-state index is 11.4. The third-order valence-corrected chi connectivity index (χ3v) is 4.35. The molecule has 3 rings (SSSR count). The topological polar surface area (TPSA) is 86.9 Å². The van der Waals surface area contributed by atoms with Crippen molar-refractivity contribution in [3.63, 3.8) is 0 Å². The third-order valence-electron chi connectivity index (χ3n) is 4.35. The number of nitrogens with zero attached hydrogens (tertiary/aromatic N) is 3. The molecule has 0 bridgehead atoms. The molecule has 1 aromatic carbocycles. The molecule has 2 fully saturated rings. The van der Waals surface area contributed by atoms with Crippen LogP contribution >= 0.6 is 0 Å². The summed E-state index contributed by atoms with van der Waals surface area (Å²) in [7, 11) is 0. The predicted molar refractivity (Wildman–Crippen MR) is 76.9 cm³/mol. The van der Waals surface area contributed by atoms with Crippen LogP contribution in [0.1, 0.15) is 23.2 Å². The van der Waals surface area contributed by atoms with Crippen LogP contribution in [0.2, 0.25) is 0 Å². The van der Waals surface area contributed by atoms with Gasteiger partial charge in [-0.1, -0.05) is 6.07 Å². The van der Waals surface area contributed by atoms with E-state index in [1.807, 2.05) is 4.90 Å². The molecule has 21 heavy (non-hydrogen) atoms. The van der Waals surface area contributed by atoms with Crippen molar-refractivity contribution in [2.75, 3.05) is 31.1 Å². The molecule has 1 N–H and O–H groups in total. The van der Waals surface area contributed by atoms with Gasteiger partial charge in [0.15, 0.2) is 0 Å². The number of hydrogen-bond donors (Lipinski definition) is 1. The number of rotatable bonds is 3. The molecule has 0 saturated carbocycles. The second-order valence-corrected chi connectivity index (χ2v) is 5.51. The van der Waals surface area contributed by atoms with Crippen LogP contribution in [0.5, 0.6) is 0 Å². The molecule has 112 valence electrons. The molecule has 2 heterocycles. The van der Waals surface area contributed by atoms with Crippen molar-refractivity contribution in [2.45, 2.75) is 18.9 Å². The molecule has 7 nitrogen and oxygen atoms in total. The first-order valence-corrected chi connectivity index (χ1v) is 7.07. The number of nitro groups is 1. The number of piperazine rings is 1. The summed E-state index contributed by atoms with van der Waals surface area (Å²) < 4.78 is 0. The highest BCUT2D eigenvalue weighted by Gasteiger charge is 2.34. The van der Waals surface area contributed by atoms with Crippen molar-refractivity contribution < 1.29 is 14.8 Å². The van der Waals surface area contributed by atoms with Crippen molar-refractivity contribution >= 4 is 17.3 Å². The summed E-state index contributed by atoms with van der Waals surface area (Å²) in [6.07, 6.45) is 2.21. The highest BCUT2D eigenvalue weighted by molar-refractivity contribution is 5.97. The van der Waals surface area contributed by atoms with E-state index < -0.39 is 10.9 Å². The minimum atomic E-state index is -1.12. The maximum Gasteiger partial charge on any atom is 0.338 e. The van der Waals surface area contributed by atoms with E-state index in [1.165, 1.54) is 18.2 Å². The van der Waals surface area contributed by atoms with Gasteiger partial charge in [0, 0.05) is 31.7 Å². The number of fused-ring (bicyclic) bond motifs is 1. The smallest absolute Gasteiger partial charge is 0.338 e. The molecule has 2 saturated heterocycles. The van der Waals surface area contributed by atoms with Crippen LogP contribution < -0.4 is 4.90 Å². The lowest BCUT2D eigenvalue weighted by atomic mass is 10.1. The Labute approximate surface area is 121 Å². The summed E-state index contributed by atoms with van der Waals surface area (Å²) in [5.74, 6) is -1.12. The van der Waals surface area contributed by atoms with Crippen LogP contribution in [0.15, 0.2) is 18.2 Å². The highest BCUT2D eigenvalue weighted by Crippen LogP contribution is 2.35. The molecule has 0 radical (unpaired) electrons. The van der Waals surface area contributed by atoms with Gasteiger partial charge in [0.1, 0.15) is 5.69 Å². The molecule has 1 atom stereocenters. The van der Waals surface area contributed by atoms with Gasteiger partial charge in [0.05, 0.1) is 10.5 Å². The van der Waals surface area contributed by atoms with Gasteiger partial charge >= 0.3 is 5.97 Å². The van der Waals surface area contributed by atoms with Gasteiger partial charge in [-0.25, -0.2) is 4.79 Å². The normalized spacial score (nSPS) is 22.1. The van der Waals surface area contributed by atoms with Gasteiger partial charge in [0.25, 0.3) is 5.69 Å². The predicted octanol–water partition coefficient (Wildman–Crippen LogP) is 1.58. The lowest BCUT2D eigenvalue weighted by Crippen LogP contribution is -2.50. The molecule has 0 aromatic heterocycles. The van der Waals surface area contributed by atoms with E-state index in [0.717, 1.165) is 25.9 Å². The molecule has 0 aliphatic carbocycles. The van der Waals surface area contributed by atoms with E-state index in [-0.39, 0.29) is 16.9 Å². The Hall–Kier alpha value is -2.15. The van der Waals surface area contributed by atoms with E-state index in [9.17, 15) is 20.0 Å². The summed E-state index contributed by atoms with van der Waals surface area (Å²) >= 11 is 0. The fourth-order valence-corrected chi connectivity index (χ4v) is 3.38. The monoisotopic (exact) mass is 291 g/mol. The quantitative estimate of drug-likeness (QED) is 0.672. The fourth-order valence-electron chi connectivity index (χ4n) is 3.38. The molecule has 7 heteroatoms. The third kappa shape index (κ3) is 2.44. The number of para-hydroxylation sites is 1. The van der Waals surface area contributed by atoms with E-state index in [1.54, 1.807) is 0 Å². The summed E-state index contributed by atoms with van der Waals surface area (Å²) in [6.45, 7) is 3.18. The van der Waals surface area contributed by atoms with E-state index in [0.29, 0.717) is 19.1 Å². The van der Waals surface area contributed by atoms with Crippen LogP contribution in [-0.2, 0) is 0 Å². The van der Waals surface area contributed by atoms with Crippen LogP contribution in [0.4, 0.5) is 11.4 Å². The van der Waals surface area contributed by atoms with E-state index >= 15 is 0 Å². The van der Waals surface area contributed by atoms with E-state index in [2.05, 4.69) is 4.90 Å². The average Bonchev–Trinajstić information content (AvgIpc) is 2.93. The number of carbonyl (C=O) groups is 1. The molecule has 0 spiro atoms. The average molecular weight is 291 g/mol. The van der Waals surface area contributed by atoms with E-state index in [4.69, 9.17) is 0 Å². The van der Waals surface area contributed by atoms with Crippen molar-refractivity contribution in [3.05, 3.63) is 33.9 Å². The summed E-state index contributed by atoms with van der Waals surface area (Å²) in [5, 5.41) is 20.6. The number of carboxylic acids is 1. The van der Waals surface area contributed by atoms with Crippen LogP contribution in [0.3, 0.4) is 0 Å². The first-order chi connectivity index (χ1) is 10.1. The number of benzene rings is 1.